The maximum atomic E-state index is 15.7. The standard InChI is InChI=1S/C38H37N5O3S/c39-47(45,34-26-40-42-23-12-24-46-36(34)42)43(37(44)41-35-32-21-10-13-27(32)25-28-14-11-22-33(28)35)38(29-15-4-1-5-16-29,30-17-6-2-7-18-30)31-19-8-3-9-20-31/h1-9,15-20,25-26,39H,10-14,21-24H2,(H,41,44). The molecule has 0 radical (unpaired) electrons. The summed E-state index contributed by atoms with van der Waals surface area (Å²) in [6, 6.07) is 30.6. The zero-order chi connectivity index (χ0) is 32.0. The van der Waals surface area contributed by atoms with Crippen molar-refractivity contribution in [3.63, 3.8) is 0 Å². The molecule has 5 aromatic rings. The summed E-state index contributed by atoms with van der Waals surface area (Å²) in [4.78, 5) is 15.5. The average molecular weight is 644 g/mol. The van der Waals surface area contributed by atoms with E-state index in [-0.39, 0.29) is 10.8 Å². The molecule has 0 bridgehead atoms. The van der Waals surface area contributed by atoms with Gasteiger partial charge in [0.2, 0.25) is 5.88 Å². The third kappa shape index (κ3) is 4.75. The number of nitrogens with zero attached hydrogens (tertiary/aromatic N) is 3. The van der Waals surface area contributed by atoms with Crippen LogP contribution < -0.4 is 10.1 Å². The summed E-state index contributed by atoms with van der Waals surface area (Å²) in [7, 11) is -4.14. The number of aromatic nitrogens is 2. The number of amides is 2. The second-order valence-electron chi connectivity index (χ2n) is 12.5. The van der Waals surface area contributed by atoms with Gasteiger partial charge in [0.15, 0.2) is 9.92 Å². The van der Waals surface area contributed by atoms with Gasteiger partial charge >= 0.3 is 6.03 Å². The van der Waals surface area contributed by atoms with Gasteiger partial charge in [-0.1, -0.05) is 97.1 Å². The van der Waals surface area contributed by atoms with Crippen LogP contribution in [0.1, 0.15) is 58.2 Å². The van der Waals surface area contributed by atoms with Crippen molar-refractivity contribution in [1.29, 1.82) is 4.78 Å². The number of rotatable bonds is 7. The maximum absolute atomic E-state index is 15.7. The Kier molecular flexibility index (Phi) is 7.36. The summed E-state index contributed by atoms with van der Waals surface area (Å²) < 4.78 is 34.6. The summed E-state index contributed by atoms with van der Waals surface area (Å²) in [5.74, 6) is 0.277. The smallest absolute Gasteiger partial charge is 0.336 e. The van der Waals surface area contributed by atoms with Crippen molar-refractivity contribution in [2.75, 3.05) is 11.9 Å². The van der Waals surface area contributed by atoms with E-state index >= 15 is 9.00 Å². The number of urea groups is 1. The first-order chi connectivity index (χ1) is 23.0. The number of anilines is 1. The molecule has 0 spiro atoms. The molecule has 1 aliphatic heterocycles. The lowest BCUT2D eigenvalue weighted by Gasteiger charge is -2.45. The predicted octanol–water partition coefficient (Wildman–Crippen LogP) is 7.49. The van der Waals surface area contributed by atoms with E-state index in [1.165, 1.54) is 21.6 Å². The van der Waals surface area contributed by atoms with E-state index in [9.17, 15) is 4.78 Å². The van der Waals surface area contributed by atoms with Gasteiger partial charge in [-0.2, -0.15) is 5.10 Å². The van der Waals surface area contributed by atoms with E-state index < -0.39 is 21.5 Å². The molecule has 8 nitrogen and oxygen atoms in total. The zero-order valence-electron chi connectivity index (χ0n) is 26.2. The lowest BCUT2D eigenvalue weighted by Crippen LogP contribution is -2.55. The van der Waals surface area contributed by atoms with E-state index in [2.05, 4.69) is 16.5 Å². The lowest BCUT2D eigenvalue weighted by molar-refractivity contribution is 0.215. The van der Waals surface area contributed by atoms with Crippen molar-refractivity contribution >= 4 is 21.6 Å². The normalized spacial score (nSPS) is 16.3. The second-order valence-corrected chi connectivity index (χ2v) is 14.4. The summed E-state index contributed by atoms with van der Waals surface area (Å²) in [5.41, 5.74) is 6.34. The van der Waals surface area contributed by atoms with Crippen LogP contribution in [0.3, 0.4) is 0 Å². The van der Waals surface area contributed by atoms with Crippen LogP contribution in [0.5, 0.6) is 5.88 Å². The molecule has 0 saturated carbocycles. The highest BCUT2D eigenvalue weighted by Gasteiger charge is 2.51. The third-order valence-corrected chi connectivity index (χ3v) is 11.7. The van der Waals surface area contributed by atoms with Gasteiger partial charge in [0, 0.05) is 18.7 Å². The van der Waals surface area contributed by atoms with Crippen molar-refractivity contribution in [3.8, 4) is 5.88 Å². The monoisotopic (exact) mass is 643 g/mol. The Labute approximate surface area is 275 Å². The number of hydrogen-bond donors (Lipinski definition) is 2. The first-order valence-electron chi connectivity index (χ1n) is 16.4. The molecule has 0 saturated heterocycles. The topological polar surface area (TPSA) is 100 Å². The lowest BCUT2D eigenvalue weighted by atomic mass is 9.77. The number of carbonyl (C=O) groups excluding carboxylic acids is 1. The number of fused-ring (bicyclic) bond motifs is 3. The molecule has 4 aromatic carbocycles. The number of benzene rings is 4. The molecule has 2 N–H and O–H groups in total. The molecule has 1 atom stereocenters. The minimum atomic E-state index is -4.14. The molecule has 2 amide bonds. The molecular weight excluding hydrogens is 607 g/mol. The fourth-order valence-electron chi connectivity index (χ4n) is 7.81. The van der Waals surface area contributed by atoms with Crippen LogP contribution in [0.4, 0.5) is 10.5 Å². The highest BCUT2D eigenvalue weighted by molar-refractivity contribution is 7.90. The minimum Gasteiger partial charge on any atom is -0.477 e. The van der Waals surface area contributed by atoms with E-state index in [1.54, 1.807) is 4.68 Å². The first kappa shape index (κ1) is 29.5. The van der Waals surface area contributed by atoms with Crippen LogP contribution in [-0.2, 0) is 47.7 Å². The van der Waals surface area contributed by atoms with Gasteiger partial charge < -0.3 is 10.1 Å². The fourth-order valence-corrected chi connectivity index (χ4v) is 9.58. The summed E-state index contributed by atoms with van der Waals surface area (Å²) in [6.07, 6.45) is 7.97. The Bertz CT molecular complexity index is 1930. The van der Waals surface area contributed by atoms with Crippen LogP contribution in [0.15, 0.2) is 108 Å². The van der Waals surface area contributed by atoms with Crippen LogP contribution >= 0.6 is 0 Å². The number of ether oxygens (including phenoxy) is 1. The number of nitrogens with one attached hydrogen (secondary N) is 2. The summed E-state index contributed by atoms with van der Waals surface area (Å²) >= 11 is 0. The molecule has 3 aliphatic rings. The van der Waals surface area contributed by atoms with Crippen molar-refractivity contribution in [2.45, 2.75) is 61.9 Å². The van der Waals surface area contributed by atoms with Crippen LogP contribution in [0.25, 0.3) is 0 Å². The first-order valence-corrected chi connectivity index (χ1v) is 17.9. The third-order valence-electron chi connectivity index (χ3n) is 9.84. The Morgan fingerprint density at radius 1 is 0.809 bits per heavy atom. The van der Waals surface area contributed by atoms with E-state index in [0.717, 1.165) is 61.8 Å². The quantitative estimate of drug-likeness (QED) is 0.180. The number of aryl methyl sites for hydroxylation is 3. The number of carbonyl (C=O) groups is 1. The van der Waals surface area contributed by atoms with Crippen LogP contribution in [0.2, 0.25) is 0 Å². The van der Waals surface area contributed by atoms with Crippen molar-refractivity contribution in [1.82, 2.24) is 14.1 Å². The van der Waals surface area contributed by atoms with Gasteiger partial charge in [0.1, 0.15) is 10.4 Å². The molecule has 1 unspecified atom stereocenters. The predicted molar refractivity (Wildman–Crippen MR) is 182 cm³/mol. The SMILES string of the molecule is N=S(=O)(c1cnn2c1OCCC2)N(C(=O)Nc1c2c(cc3c1CCC3)CCC2)C(c1ccccc1)(c1ccccc1)c1ccccc1. The molecular formula is C38H37N5O3S. The van der Waals surface area contributed by atoms with E-state index in [4.69, 9.17) is 4.74 Å². The molecule has 9 heteroatoms. The van der Waals surface area contributed by atoms with Gasteiger partial charge in [0.25, 0.3) is 0 Å². The molecule has 8 rings (SSSR count). The zero-order valence-corrected chi connectivity index (χ0v) is 27.0. The Morgan fingerprint density at radius 3 is 1.87 bits per heavy atom. The summed E-state index contributed by atoms with van der Waals surface area (Å²) in [5, 5.41) is 7.80. The maximum Gasteiger partial charge on any atom is 0.336 e. The average Bonchev–Trinajstić information content (AvgIpc) is 3.88. The van der Waals surface area contributed by atoms with Gasteiger partial charge in [0.05, 0.1) is 12.8 Å². The summed E-state index contributed by atoms with van der Waals surface area (Å²) in [6.45, 7) is 1.00. The molecule has 2 aliphatic carbocycles. The highest BCUT2D eigenvalue weighted by Crippen LogP contribution is 2.48. The highest BCUT2D eigenvalue weighted by atomic mass is 32.2. The van der Waals surface area contributed by atoms with Gasteiger partial charge in [-0.05, 0) is 77.5 Å². The Hall–Kier alpha value is -4.89. The van der Waals surface area contributed by atoms with Gasteiger partial charge in [-0.15, -0.1) is 0 Å². The van der Waals surface area contributed by atoms with Crippen molar-refractivity contribution in [2.24, 2.45) is 0 Å². The Balaban J connectivity index is 1.42. The van der Waals surface area contributed by atoms with E-state index in [1.807, 2.05) is 91.0 Å². The van der Waals surface area contributed by atoms with Crippen molar-refractivity contribution in [3.05, 3.63) is 142 Å². The van der Waals surface area contributed by atoms with Crippen LogP contribution in [-0.4, -0.2) is 30.9 Å². The molecule has 238 valence electrons. The second kappa shape index (κ2) is 11.7. The van der Waals surface area contributed by atoms with Gasteiger partial charge in [-0.25, -0.2) is 22.8 Å². The molecule has 0 fully saturated rings. The minimum absolute atomic E-state index is 0.0861. The van der Waals surface area contributed by atoms with Crippen molar-refractivity contribution < 1.29 is 13.7 Å². The fraction of sp³-hybridized carbons (Fsp3) is 0.263. The van der Waals surface area contributed by atoms with Crippen LogP contribution in [0, 0.1) is 4.78 Å². The van der Waals surface area contributed by atoms with E-state index in [0.29, 0.717) is 29.8 Å². The largest absolute Gasteiger partial charge is 0.477 e. The Morgan fingerprint density at radius 2 is 1.34 bits per heavy atom. The molecule has 47 heavy (non-hydrogen) atoms. The molecule has 2 heterocycles. The van der Waals surface area contributed by atoms with Gasteiger partial charge in [-0.3, -0.25) is 0 Å². The number of hydrogen-bond acceptors (Lipinski definition) is 5. The molecule has 1 aromatic heterocycles.